The molecule has 0 unspecified atom stereocenters. The Balaban J connectivity index is 1.64. The monoisotopic (exact) mass is 337 g/mol. The average Bonchev–Trinajstić information content (AvgIpc) is 2.66. The van der Waals surface area contributed by atoms with Crippen LogP contribution in [0.15, 0.2) is 28.1 Å². The Morgan fingerprint density at radius 2 is 2.10 bits per heavy atom. The molecule has 0 saturated carbocycles. The molecule has 0 aliphatic carbocycles. The van der Waals surface area contributed by atoms with E-state index in [0.717, 1.165) is 23.0 Å². The van der Waals surface area contributed by atoms with Gasteiger partial charge in [0.15, 0.2) is 0 Å². The number of hydrogen-bond acceptors (Lipinski definition) is 5. The maximum Gasteiger partial charge on any atom is 0.367 e. The first kappa shape index (κ1) is 13.7. The van der Waals surface area contributed by atoms with Crippen LogP contribution < -0.4 is 0 Å². The summed E-state index contributed by atoms with van der Waals surface area (Å²) in [4.78, 5) is 23.3. The van der Waals surface area contributed by atoms with Crippen LogP contribution in [0.4, 0.5) is 0 Å². The molecule has 0 amide bonds. The van der Waals surface area contributed by atoms with Crippen molar-refractivity contribution in [3.8, 4) is 0 Å². The van der Waals surface area contributed by atoms with Gasteiger partial charge < -0.3 is 4.84 Å². The second kappa shape index (κ2) is 5.61. The van der Waals surface area contributed by atoms with E-state index in [0.29, 0.717) is 17.6 Å². The molecule has 2 aliphatic heterocycles. The topological polar surface area (TPSA) is 54.8 Å². The van der Waals surface area contributed by atoms with E-state index in [4.69, 9.17) is 4.84 Å². The van der Waals surface area contributed by atoms with Gasteiger partial charge in [-0.05, 0) is 41.9 Å². The molecule has 5 nitrogen and oxygen atoms in total. The molecule has 1 aromatic heterocycles. The molecule has 2 aliphatic rings. The van der Waals surface area contributed by atoms with Crippen molar-refractivity contribution in [3.05, 3.63) is 28.5 Å². The summed E-state index contributed by atoms with van der Waals surface area (Å²) in [6, 6.07) is 2.78. The molecule has 3 rings (SSSR count). The van der Waals surface area contributed by atoms with Crippen LogP contribution in [0.3, 0.4) is 0 Å². The molecule has 0 aromatic carbocycles. The lowest BCUT2D eigenvalue weighted by Crippen LogP contribution is -2.40. The summed E-state index contributed by atoms with van der Waals surface area (Å²) in [5, 5.41) is 4.06. The van der Waals surface area contributed by atoms with E-state index in [-0.39, 0.29) is 0 Å². The molecule has 20 heavy (non-hydrogen) atoms. The van der Waals surface area contributed by atoms with Crippen molar-refractivity contribution >= 4 is 27.6 Å². The third kappa shape index (κ3) is 2.76. The van der Waals surface area contributed by atoms with Crippen LogP contribution in [-0.2, 0) is 4.84 Å². The number of halogens is 1. The fourth-order valence-electron chi connectivity index (χ4n) is 2.97. The molecule has 2 atom stereocenters. The zero-order valence-corrected chi connectivity index (χ0v) is 12.8. The zero-order valence-electron chi connectivity index (χ0n) is 11.3. The predicted molar refractivity (Wildman–Crippen MR) is 78.6 cm³/mol. The highest BCUT2D eigenvalue weighted by molar-refractivity contribution is 9.10. The smallest absolute Gasteiger partial charge is 0.313 e. The maximum atomic E-state index is 11.9. The average molecular weight is 338 g/mol. The zero-order chi connectivity index (χ0) is 14.1. The molecular weight excluding hydrogens is 322 g/mol. The van der Waals surface area contributed by atoms with E-state index in [2.05, 4.69) is 38.0 Å². The van der Waals surface area contributed by atoms with E-state index >= 15 is 0 Å². The number of carbonyl (C=O) groups is 1. The quantitative estimate of drug-likeness (QED) is 0.614. The summed E-state index contributed by atoms with van der Waals surface area (Å²) >= 11 is 3.28. The number of rotatable bonds is 2. The van der Waals surface area contributed by atoms with E-state index < -0.39 is 5.97 Å². The molecule has 3 heterocycles. The summed E-state index contributed by atoms with van der Waals surface area (Å²) < 4.78 is 0.747. The van der Waals surface area contributed by atoms with Crippen LogP contribution in [-0.4, -0.2) is 40.7 Å². The number of nitrogens with zero attached hydrogens (tertiary/aromatic N) is 3. The molecule has 106 valence electrons. The van der Waals surface area contributed by atoms with Crippen molar-refractivity contribution in [1.29, 1.82) is 0 Å². The Hall–Kier alpha value is -1.27. The van der Waals surface area contributed by atoms with Crippen molar-refractivity contribution in [3.63, 3.8) is 0 Å². The van der Waals surface area contributed by atoms with E-state index in [1.165, 1.54) is 19.0 Å². The molecule has 2 bridgehead atoms. The van der Waals surface area contributed by atoms with Gasteiger partial charge in [-0.25, -0.2) is 4.79 Å². The highest BCUT2D eigenvalue weighted by atomic mass is 79.9. The number of piperidine rings is 1. The fourth-order valence-corrected chi connectivity index (χ4v) is 3.33. The van der Waals surface area contributed by atoms with Gasteiger partial charge >= 0.3 is 5.97 Å². The van der Waals surface area contributed by atoms with Gasteiger partial charge in [0.05, 0.1) is 11.3 Å². The lowest BCUT2D eigenvalue weighted by molar-refractivity contribution is 0.0510. The van der Waals surface area contributed by atoms with Gasteiger partial charge in [0.25, 0.3) is 0 Å². The minimum absolute atomic E-state index is 0.402. The molecule has 0 N–H and O–H groups in total. The predicted octanol–water partition coefficient (Wildman–Crippen LogP) is 2.61. The van der Waals surface area contributed by atoms with Crippen LogP contribution >= 0.6 is 15.9 Å². The number of pyridine rings is 1. The molecule has 0 spiro atoms. The molecule has 2 saturated heterocycles. The minimum atomic E-state index is -0.461. The van der Waals surface area contributed by atoms with Crippen LogP contribution in [0.1, 0.15) is 36.0 Å². The highest BCUT2D eigenvalue weighted by Gasteiger charge is 2.36. The standard InChI is InChI=1S/C14H16BrN3O2/c1-18-12-2-3-13(18)6-11(5-12)17-20-14(19)9-4-10(15)8-16-7-9/h4,7-8,12-13H,2-3,5-6H2,1H3/t12-,13+. The molecule has 1 aromatic rings. The number of fused-ring (bicyclic) bond motifs is 2. The summed E-state index contributed by atoms with van der Waals surface area (Å²) in [6.07, 6.45) is 7.32. The van der Waals surface area contributed by atoms with E-state index in [9.17, 15) is 4.79 Å². The molecule has 0 radical (unpaired) electrons. The lowest BCUT2D eigenvalue weighted by Gasteiger charge is -2.31. The first-order chi connectivity index (χ1) is 9.63. The van der Waals surface area contributed by atoms with Crippen molar-refractivity contribution in [2.45, 2.75) is 37.8 Å². The Labute approximate surface area is 126 Å². The number of hydrogen-bond donors (Lipinski definition) is 0. The summed E-state index contributed by atoms with van der Waals surface area (Å²) in [5.41, 5.74) is 1.39. The fraction of sp³-hybridized carbons (Fsp3) is 0.500. The summed E-state index contributed by atoms with van der Waals surface area (Å²) in [5.74, 6) is -0.461. The van der Waals surface area contributed by atoms with Gasteiger partial charge in [0, 0.05) is 41.8 Å². The van der Waals surface area contributed by atoms with Crippen LogP contribution in [0.25, 0.3) is 0 Å². The third-order valence-electron chi connectivity index (χ3n) is 4.13. The Morgan fingerprint density at radius 3 is 2.75 bits per heavy atom. The first-order valence-electron chi connectivity index (χ1n) is 6.73. The Bertz CT molecular complexity index is 545. The lowest BCUT2D eigenvalue weighted by atomic mass is 10.0. The van der Waals surface area contributed by atoms with Crippen LogP contribution in [0.2, 0.25) is 0 Å². The van der Waals surface area contributed by atoms with Gasteiger partial charge in [0.1, 0.15) is 0 Å². The van der Waals surface area contributed by atoms with Gasteiger partial charge in [-0.3, -0.25) is 9.88 Å². The summed E-state index contributed by atoms with van der Waals surface area (Å²) in [6.45, 7) is 0. The van der Waals surface area contributed by atoms with Crippen molar-refractivity contribution in [2.75, 3.05) is 7.05 Å². The first-order valence-corrected chi connectivity index (χ1v) is 7.52. The SMILES string of the molecule is CN1[C@@H]2CC[C@H]1CC(=NOC(=O)c1cncc(Br)c1)C2. The number of oxime groups is 1. The molecule has 2 fully saturated rings. The van der Waals surface area contributed by atoms with E-state index in [1.54, 1.807) is 12.3 Å². The molecular formula is C14H16BrN3O2. The minimum Gasteiger partial charge on any atom is -0.313 e. The van der Waals surface area contributed by atoms with Crippen molar-refractivity contribution in [2.24, 2.45) is 5.16 Å². The van der Waals surface area contributed by atoms with Crippen molar-refractivity contribution in [1.82, 2.24) is 9.88 Å². The van der Waals surface area contributed by atoms with Gasteiger partial charge in [-0.2, -0.15) is 0 Å². The summed E-state index contributed by atoms with van der Waals surface area (Å²) in [7, 11) is 2.16. The van der Waals surface area contributed by atoms with Gasteiger partial charge in [-0.15, -0.1) is 0 Å². The Morgan fingerprint density at radius 1 is 1.40 bits per heavy atom. The highest BCUT2D eigenvalue weighted by Crippen LogP contribution is 2.32. The molecule has 6 heteroatoms. The van der Waals surface area contributed by atoms with Gasteiger partial charge in [-0.1, -0.05) is 5.16 Å². The largest absolute Gasteiger partial charge is 0.367 e. The Kier molecular flexibility index (Phi) is 3.85. The third-order valence-corrected chi connectivity index (χ3v) is 4.56. The van der Waals surface area contributed by atoms with Gasteiger partial charge in [0.2, 0.25) is 0 Å². The van der Waals surface area contributed by atoms with Crippen LogP contribution in [0.5, 0.6) is 0 Å². The number of aromatic nitrogens is 1. The maximum absolute atomic E-state index is 11.9. The normalized spacial score (nSPS) is 27.8. The van der Waals surface area contributed by atoms with Crippen LogP contribution in [0, 0.1) is 0 Å². The van der Waals surface area contributed by atoms with Crippen molar-refractivity contribution < 1.29 is 9.63 Å². The second-order valence-corrected chi connectivity index (χ2v) is 6.30. The van der Waals surface area contributed by atoms with E-state index in [1.807, 2.05) is 0 Å². The second-order valence-electron chi connectivity index (χ2n) is 5.39. The number of carbonyl (C=O) groups excluding carboxylic acids is 1.